The molecule has 1 aliphatic rings. The summed E-state index contributed by atoms with van der Waals surface area (Å²) in [6.45, 7) is 2.35. The SMILES string of the molecule is COc1cc2nc(N3CCN(C(=O)/C=C/c4ccc(Cl)cc4)CC3)nc(N)c2cc1OC.Cl. The summed E-state index contributed by atoms with van der Waals surface area (Å²) in [6.07, 6.45) is 3.38. The van der Waals surface area contributed by atoms with Crippen LogP contribution in [-0.2, 0) is 4.79 Å². The van der Waals surface area contributed by atoms with Crippen LogP contribution in [-0.4, -0.2) is 61.2 Å². The molecule has 3 aromatic rings. The van der Waals surface area contributed by atoms with Crippen LogP contribution in [0, 0.1) is 0 Å². The number of hydrogen-bond donors (Lipinski definition) is 1. The third-order valence-electron chi connectivity index (χ3n) is 5.38. The van der Waals surface area contributed by atoms with E-state index in [4.69, 9.17) is 26.8 Å². The molecule has 0 unspecified atom stereocenters. The molecule has 4 rings (SSSR count). The van der Waals surface area contributed by atoms with Gasteiger partial charge in [0.25, 0.3) is 0 Å². The number of carbonyl (C=O) groups is 1. The Bertz CT molecular complexity index is 1160. The number of fused-ring (bicyclic) bond motifs is 1. The second kappa shape index (κ2) is 10.6. The van der Waals surface area contributed by atoms with Crippen LogP contribution in [0.1, 0.15) is 5.56 Å². The normalized spacial score (nSPS) is 13.8. The summed E-state index contributed by atoms with van der Waals surface area (Å²) in [5.41, 5.74) is 7.80. The number of benzene rings is 2. The van der Waals surface area contributed by atoms with Gasteiger partial charge in [-0.15, -0.1) is 12.4 Å². The summed E-state index contributed by atoms with van der Waals surface area (Å²) >= 11 is 5.90. The first-order chi connectivity index (χ1) is 15.5. The maximum absolute atomic E-state index is 12.6. The molecule has 2 N–H and O–H groups in total. The number of nitrogens with zero attached hydrogens (tertiary/aromatic N) is 4. The van der Waals surface area contributed by atoms with Crippen LogP contribution in [0.15, 0.2) is 42.5 Å². The number of rotatable bonds is 5. The van der Waals surface area contributed by atoms with Crippen LogP contribution in [0.3, 0.4) is 0 Å². The van der Waals surface area contributed by atoms with Crippen molar-refractivity contribution in [3.63, 3.8) is 0 Å². The molecule has 2 heterocycles. The number of methoxy groups -OCH3 is 2. The number of amides is 1. The molecule has 0 bridgehead atoms. The highest BCUT2D eigenvalue weighted by Crippen LogP contribution is 2.34. The van der Waals surface area contributed by atoms with Crippen LogP contribution in [0.25, 0.3) is 17.0 Å². The predicted molar refractivity (Wildman–Crippen MR) is 134 cm³/mol. The fourth-order valence-electron chi connectivity index (χ4n) is 3.58. The van der Waals surface area contributed by atoms with Gasteiger partial charge in [0.05, 0.1) is 19.7 Å². The molecular weight excluding hydrogens is 465 g/mol. The van der Waals surface area contributed by atoms with Gasteiger partial charge < -0.3 is 25.0 Å². The Hall–Kier alpha value is -3.23. The van der Waals surface area contributed by atoms with E-state index < -0.39 is 0 Å². The lowest BCUT2D eigenvalue weighted by Crippen LogP contribution is -2.48. The molecule has 10 heteroatoms. The summed E-state index contributed by atoms with van der Waals surface area (Å²) < 4.78 is 10.7. The summed E-state index contributed by atoms with van der Waals surface area (Å²) in [7, 11) is 3.15. The molecule has 1 fully saturated rings. The Kier molecular flexibility index (Phi) is 7.84. The average Bonchev–Trinajstić information content (AvgIpc) is 2.82. The monoisotopic (exact) mass is 489 g/mol. The molecule has 0 spiro atoms. The first-order valence-corrected chi connectivity index (χ1v) is 10.5. The first-order valence-electron chi connectivity index (χ1n) is 10.1. The zero-order chi connectivity index (χ0) is 22.7. The zero-order valence-electron chi connectivity index (χ0n) is 18.3. The van der Waals surface area contributed by atoms with Gasteiger partial charge in [-0.25, -0.2) is 4.98 Å². The van der Waals surface area contributed by atoms with Gasteiger partial charge in [0.1, 0.15) is 5.82 Å². The van der Waals surface area contributed by atoms with Gasteiger partial charge in [0.15, 0.2) is 11.5 Å². The fourth-order valence-corrected chi connectivity index (χ4v) is 3.71. The van der Waals surface area contributed by atoms with E-state index in [-0.39, 0.29) is 18.3 Å². The smallest absolute Gasteiger partial charge is 0.246 e. The zero-order valence-corrected chi connectivity index (χ0v) is 19.9. The number of nitrogens with two attached hydrogens (primary N) is 1. The Labute approximate surface area is 203 Å². The van der Waals surface area contributed by atoms with E-state index in [0.717, 1.165) is 5.56 Å². The number of halogens is 2. The number of hydrogen-bond acceptors (Lipinski definition) is 7. The Morgan fingerprint density at radius 2 is 1.67 bits per heavy atom. The summed E-state index contributed by atoms with van der Waals surface area (Å²) in [6, 6.07) is 10.9. The minimum Gasteiger partial charge on any atom is -0.493 e. The first kappa shape index (κ1) is 24.4. The van der Waals surface area contributed by atoms with E-state index in [1.54, 1.807) is 55.5 Å². The molecule has 0 radical (unpaired) electrons. The largest absolute Gasteiger partial charge is 0.493 e. The van der Waals surface area contributed by atoms with E-state index in [2.05, 4.69) is 9.97 Å². The highest BCUT2D eigenvalue weighted by Gasteiger charge is 2.22. The van der Waals surface area contributed by atoms with Gasteiger partial charge >= 0.3 is 0 Å². The third-order valence-corrected chi connectivity index (χ3v) is 5.63. The van der Waals surface area contributed by atoms with Crippen molar-refractivity contribution in [1.29, 1.82) is 0 Å². The summed E-state index contributed by atoms with van der Waals surface area (Å²) in [5, 5.41) is 1.37. The van der Waals surface area contributed by atoms with Crippen molar-refractivity contribution in [2.24, 2.45) is 0 Å². The molecule has 8 nitrogen and oxygen atoms in total. The molecular formula is C23H25Cl2N5O3. The molecule has 1 saturated heterocycles. The molecule has 33 heavy (non-hydrogen) atoms. The van der Waals surface area contributed by atoms with Gasteiger partial charge in [0.2, 0.25) is 11.9 Å². The lowest BCUT2D eigenvalue weighted by atomic mass is 10.2. The number of carbonyl (C=O) groups excluding carboxylic acids is 1. The summed E-state index contributed by atoms with van der Waals surface area (Å²) in [4.78, 5) is 25.5. The van der Waals surface area contributed by atoms with Crippen molar-refractivity contribution in [3.8, 4) is 11.5 Å². The highest BCUT2D eigenvalue weighted by molar-refractivity contribution is 6.30. The number of anilines is 2. The third kappa shape index (κ3) is 5.40. The Balaban J connectivity index is 0.00000306. The lowest BCUT2D eigenvalue weighted by Gasteiger charge is -2.34. The van der Waals surface area contributed by atoms with Crippen LogP contribution in [0.2, 0.25) is 5.02 Å². The highest BCUT2D eigenvalue weighted by atomic mass is 35.5. The molecule has 0 saturated carbocycles. The fraction of sp³-hybridized carbons (Fsp3) is 0.261. The molecule has 1 aliphatic heterocycles. The van der Waals surface area contributed by atoms with Crippen LogP contribution in [0.5, 0.6) is 11.5 Å². The molecule has 2 aromatic carbocycles. The molecule has 0 aliphatic carbocycles. The second-order valence-electron chi connectivity index (χ2n) is 7.33. The number of aromatic nitrogens is 2. The van der Waals surface area contributed by atoms with Crippen molar-refractivity contribution >= 4 is 58.7 Å². The standard InChI is InChI=1S/C23H24ClN5O3.ClH/c1-31-19-13-17-18(14-20(19)32-2)26-23(27-22(17)25)29-11-9-28(10-12-29)21(30)8-5-15-3-6-16(24)7-4-15;/h3-8,13-14H,9-12H2,1-2H3,(H2,25,26,27);1H/b8-5+;. The van der Waals surface area contributed by atoms with E-state index >= 15 is 0 Å². The van der Waals surface area contributed by atoms with Crippen molar-refractivity contribution in [2.45, 2.75) is 0 Å². The Morgan fingerprint density at radius 1 is 1.03 bits per heavy atom. The van der Waals surface area contributed by atoms with Gasteiger partial charge in [-0.1, -0.05) is 23.7 Å². The van der Waals surface area contributed by atoms with Gasteiger partial charge in [0, 0.05) is 48.7 Å². The number of nitrogen functional groups attached to an aromatic ring is 1. The van der Waals surface area contributed by atoms with Gasteiger partial charge in [-0.2, -0.15) is 4.98 Å². The minimum absolute atomic E-state index is 0. The van der Waals surface area contributed by atoms with Gasteiger partial charge in [-0.3, -0.25) is 4.79 Å². The van der Waals surface area contributed by atoms with Crippen LogP contribution in [0.4, 0.5) is 11.8 Å². The van der Waals surface area contributed by atoms with E-state index in [9.17, 15) is 4.79 Å². The minimum atomic E-state index is -0.0321. The van der Waals surface area contributed by atoms with E-state index in [0.29, 0.717) is 65.4 Å². The van der Waals surface area contributed by atoms with Gasteiger partial charge in [-0.05, 0) is 29.8 Å². The quantitative estimate of drug-likeness (QED) is 0.546. The maximum atomic E-state index is 12.6. The Morgan fingerprint density at radius 3 is 2.30 bits per heavy atom. The average molecular weight is 490 g/mol. The molecule has 1 amide bonds. The van der Waals surface area contributed by atoms with Crippen LogP contribution < -0.4 is 20.1 Å². The molecule has 1 aromatic heterocycles. The predicted octanol–water partition coefficient (Wildman–Crippen LogP) is 3.67. The lowest BCUT2D eigenvalue weighted by molar-refractivity contribution is -0.126. The van der Waals surface area contributed by atoms with Crippen molar-refractivity contribution in [3.05, 3.63) is 53.1 Å². The second-order valence-corrected chi connectivity index (χ2v) is 7.77. The maximum Gasteiger partial charge on any atom is 0.246 e. The molecule has 0 atom stereocenters. The van der Waals surface area contributed by atoms with E-state index in [1.165, 1.54) is 0 Å². The number of piperazine rings is 1. The summed E-state index contributed by atoms with van der Waals surface area (Å²) in [5.74, 6) is 2.02. The van der Waals surface area contributed by atoms with E-state index in [1.807, 2.05) is 17.0 Å². The van der Waals surface area contributed by atoms with Crippen molar-refractivity contribution in [1.82, 2.24) is 14.9 Å². The molecule has 174 valence electrons. The topological polar surface area (TPSA) is 93.8 Å². The number of ether oxygens (including phenoxy) is 2. The van der Waals surface area contributed by atoms with Crippen LogP contribution >= 0.6 is 24.0 Å². The van der Waals surface area contributed by atoms with Crippen molar-refractivity contribution < 1.29 is 14.3 Å². The van der Waals surface area contributed by atoms with Crippen molar-refractivity contribution in [2.75, 3.05) is 51.0 Å².